The summed E-state index contributed by atoms with van der Waals surface area (Å²) < 4.78 is 21.7. The fourth-order valence-electron chi connectivity index (χ4n) is 1.87. The number of carbonyl (C=O) groups is 1. The topological polar surface area (TPSA) is 60.5 Å². The molecule has 7 nitrogen and oxygen atoms in total. The number of rotatable bonds is 10. The van der Waals surface area contributed by atoms with Gasteiger partial charge in [-0.3, -0.25) is 0 Å². The number of nitrogens with zero attached hydrogens (tertiary/aromatic N) is 2. The van der Waals surface area contributed by atoms with Crippen molar-refractivity contribution < 1.29 is 23.7 Å². The minimum absolute atomic E-state index is 0.317. The van der Waals surface area contributed by atoms with Crippen LogP contribution in [0.3, 0.4) is 0 Å². The normalized spacial score (nSPS) is 10.8. The van der Waals surface area contributed by atoms with Crippen molar-refractivity contribution in [3.05, 3.63) is 17.7 Å². The summed E-state index contributed by atoms with van der Waals surface area (Å²) in [6.45, 7) is 2.20. The van der Waals surface area contributed by atoms with Gasteiger partial charge in [0.05, 0.1) is 19.8 Å². The lowest BCUT2D eigenvalue weighted by molar-refractivity contribution is 0.0481. The maximum atomic E-state index is 12.2. The molecule has 0 aromatic heterocycles. The summed E-state index contributed by atoms with van der Waals surface area (Å²) in [5.41, 5.74) is 0.363. The monoisotopic (exact) mass is 340 g/mol. The molecule has 1 rings (SSSR count). The minimum Gasteiger partial charge on any atom is -0.493 e. The van der Waals surface area contributed by atoms with Crippen LogP contribution >= 0.6 is 0 Å². The number of carbonyl (C=O) groups excluding carboxylic acids is 1. The quantitative estimate of drug-likeness (QED) is 0.596. The zero-order valence-electron chi connectivity index (χ0n) is 15.4. The first-order chi connectivity index (χ1) is 11.4. The van der Waals surface area contributed by atoms with Crippen LogP contribution < -0.4 is 14.2 Å². The Morgan fingerprint density at radius 2 is 1.42 bits per heavy atom. The lowest BCUT2D eigenvalue weighted by atomic mass is 10.2. The third-order valence-corrected chi connectivity index (χ3v) is 3.25. The molecule has 0 bridgehead atoms. The van der Waals surface area contributed by atoms with Crippen molar-refractivity contribution >= 4 is 5.97 Å². The largest absolute Gasteiger partial charge is 0.493 e. The standard InChI is InChI=1S/C17H28N2O5/c1-18(2)7-9-23-16-14(21-5)11-13(12-15(16)22-6)17(20)24-10-8-19(3)4/h11-12H,7-10H2,1-6H3. The van der Waals surface area contributed by atoms with Gasteiger partial charge in [0.2, 0.25) is 5.75 Å². The van der Waals surface area contributed by atoms with Crippen LogP contribution in [0.4, 0.5) is 0 Å². The third kappa shape index (κ3) is 6.25. The highest BCUT2D eigenvalue weighted by Crippen LogP contribution is 2.38. The lowest BCUT2D eigenvalue weighted by Crippen LogP contribution is -2.20. The van der Waals surface area contributed by atoms with Crippen LogP contribution in [0.1, 0.15) is 10.4 Å². The van der Waals surface area contributed by atoms with E-state index in [0.717, 1.165) is 6.54 Å². The number of hydrogen-bond donors (Lipinski definition) is 0. The van der Waals surface area contributed by atoms with Crippen molar-refractivity contribution in [1.29, 1.82) is 0 Å². The minimum atomic E-state index is -0.423. The highest BCUT2D eigenvalue weighted by atomic mass is 16.5. The smallest absolute Gasteiger partial charge is 0.338 e. The summed E-state index contributed by atoms with van der Waals surface area (Å²) in [5.74, 6) is 0.931. The summed E-state index contributed by atoms with van der Waals surface area (Å²) in [6, 6.07) is 3.21. The number of benzene rings is 1. The molecule has 0 radical (unpaired) electrons. The Hall–Kier alpha value is -1.99. The van der Waals surface area contributed by atoms with Gasteiger partial charge in [0.25, 0.3) is 0 Å². The Kier molecular flexibility index (Phi) is 8.35. The summed E-state index contributed by atoms with van der Waals surface area (Å²) in [4.78, 5) is 16.1. The van der Waals surface area contributed by atoms with Gasteiger partial charge in [-0.2, -0.15) is 0 Å². The van der Waals surface area contributed by atoms with Gasteiger partial charge in [-0.15, -0.1) is 0 Å². The summed E-state index contributed by atoms with van der Waals surface area (Å²) in [6.07, 6.45) is 0. The Labute approximate surface area is 144 Å². The zero-order valence-corrected chi connectivity index (χ0v) is 15.4. The third-order valence-electron chi connectivity index (χ3n) is 3.25. The van der Waals surface area contributed by atoms with E-state index >= 15 is 0 Å². The molecule has 0 aliphatic heterocycles. The molecule has 0 N–H and O–H groups in total. The zero-order chi connectivity index (χ0) is 18.1. The van der Waals surface area contributed by atoms with Crippen LogP contribution in [0, 0.1) is 0 Å². The Morgan fingerprint density at radius 3 is 1.88 bits per heavy atom. The van der Waals surface area contributed by atoms with Crippen LogP contribution in [0.15, 0.2) is 12.1 Å². The summed E-state index contributed by atoms with van der Waals surface area (Å²) in [7, 11) is 10.8. The molecule has 0 saturated carbocycles. The van der Waals surface area contributed by atoms with E-state index in [-0.39, 0.29) is 0 Å². The molecule has 0 aliphatic rings. The van der Waals surface area contributed by atoms with Gasteiger partial charge in [-0.25, -0.2) is 4.79 Å². The molecule has 0 fully saturated rings. The van der Waals surface area contributed by atoms with Crippen LogP contribution in [0.25, 0.3) is 0 Å². The average Bonchev–Trinajstić information content (AvgIpc) is 2.53. The molecule has 0 saturated heterocycles. The van der Waals surface area contributed by atoms with Crippen LogP contribution in [0.5, 0.6) is 17.2 Å². The van der Waals surface area contributed by atoms with E-state index in [1.165, 1.54) is 14.2 Å². The number of methoxy groups -OCH3 is 2. The van der Waals surface area contributed by atoms with Crippen molar-refractivity contribution in [3.8, 4) is 17.2 Å². The fourth-order valence-corrected chi connectivity index (χ4v) is 1.87. The number of hydrogen-bond acceptors (Lipinski definition) is 7. The van der Waals surface area contributed by atoms with Crippen molar-refractivity contribution in [3.63, 3.8) is 0 Å². The van der Waals surface area contributed by atoms with Gasteiger partial charge in [-0.1, -0.05) is 0 Å². The molecular formula is C17H28N2O5. The fraction of sp³-hybridized carbons (Fsp3) is 0.588. The van der Waals surface area contributed by atoms with Gasteiger partial charge in [0.1, 0.15) is 13.2 Å². The molecule has 136 valence electrons. The molecule has 0 atom stereocenters. The van der Waals surface area contributed by atoms with E-state index in [4.69, 9.17) is 18.9 Å². The van der Waals surface area contributed by atoms with E-state index in [0.29, 0.717) is 42.6 Å². The second kappa shape index (κ2) is 10.00. The van der Waals surface area contributed by atoms with E-state index in [2.05, 4.69) is 0 Å². The maximum Gasteiger partial charge on any atom is 0.338 e. The molecule has 0 heterocycles. The second-order valence-electron chi connectivity index (χ2n) is 5.80. The molecule has 1 aromatic carbocycles. The molecule has 7 heteroatoms. The second-order valence-corrected chi connectivity index (χ2v) is 5.80. The highest BCUT2D eigenvalue weighted by Gasteiger charge is 2.18. The molecule has 24 heavy (non-hydrogen) atoms. The molecule has 0 unspecified atom stereocenters. The van der Waals surface area contributed by atoms with Crippen LogP contribution in [0.2, 0.25) is 0 Å². The SMILES string of the molecule is COc1cc(C(=O)OCCN(C)C)cc(OC)c1OCCN(C)C. The molecule has 0 spiro atoms. The summed E-state index contributed by atoms with van der Waals surface area (Å²) >= 11 is 0. The van der Waals surface area contributed by atoms with Crippen molar-refractivity contribution in [1.82, 2.24) is 9.80 Å². The number of esters is 1. The maximum absolute atomic E-state index is 12.2. The van der Waals surface area contributed by atoms with E-state index in [1.54, 1.807) is 12.1 Å². The van der Waals surface area contributed by atoms with Crippen LogP contribution in [-0.4, -0.2) is 84.5 Å². The van der Waals surface area contributed by atoms with Gasteiger partial charge < -0.3 is 28.7 Å². The van der Waals surface area contributed by atoms with E-state index in [9.17, 15) is 4.79 Å². The highest BCUT2D eigenvalue weighted by molar-refractivity contribution is 5.91. The molecule has 1 aromatic rings. The van der Waals surface area contributed by atoms with Crippen molar-refractivity contribution in [2.45, 2.75) is 0 Å². The number of ether oxygens (including phenoxy) is 4. The van der Waals surface area contributed by atoms with E-state index in [1.807, 2.05) is 38.0 Å². The molecular weight excluding hydrogens is 312 g/mol. The first-order valence-corrected chi connectivity index (χ1v) is 7.74. The summed E-state index contributed by atoms with van der Waals surface area (Å²) in [5, 5.41) is 0. The number of likely N-dealkylation sites (N-methyl/N-ethyl adjacent to an activating group) is 2. The van der Waals surface area contributed by atoms with Gasteiger partial charge >= 0.3 is 5.97 Å². The first-order valence-electron chi connectivity index (χ1n) is 7.74. The first kappa shape index (κ1) is 20.1. The Bertz CT molecular complexity index is 507. The van der Waals surface area contributed by atoms with Gasteiger partial charge in [0.15, 0.2) is 11.5 Å². The lowest BCUT2D eigenvalue weighted by Gasteiger charge is -2.17. The Morgan fingerprint density at radius 1 is 0.917 bits per heavy atom. The molecule has 0 amide bonds. The van der Waals surface area contributed by atoms with Gasteiger partial charge in [0, 0.05) is 13.1 Å². The van der Waals surface area contributed by atoms with Crippen molar-refractivity contribution in [2.75, 3.05) is 68.7 Å². The average molecular weight is 340 g/mol. The van der Waals surface area contributed by atoms with E-state index < -0.39 is 5.97 Å². The molecule has 0 aliphatic carbocycles. The Balaban J connectivity index is 2.90. The van der Waals surface area contributed by atoms with Gasteiger partial charge in [-0.05, 0) is 40.3 Å². The predicted octanol–water partition coefficient (Wildman–Crippen LogP) is 1.36. The van der Waals surface area contributed by atoms with Crippen molar-refractivity contribution in [2.24, 2.45) is 0 Å². The van der Waals surface area contributed by atoms with Crippen LogP contribution in [-0.2, 0) is 4.74 Å². The predicted molar refractivity (Wildman–Crippen MR) is 92.4 cm³/mol.